The van der Waals surface area contributed by atoms with Crippen LogP contribution in [0, 0.1) is 5.41 Å². The van der Waals surface area contributed by atoms with Gasteiger partial charge >= 0.3 is 0 Å². The van der Waals surface area contributed by atoms with Crippen molar-refractivity contribution < 1.29 is 0 Å². The van der Waals surface area contributed by atoms with Gasteiger partial charge in [0.25, 0.3) is 0 Å². The van der Waals surface area contributed by atoms with Crippen LogP contribution in [0.5, 0.6) is 0 Å². The molecule has 2 aromatic carbocycles. The Hall–Kier alpha value is -1.26. The van der Waals surface area contributed by atoms with Crippen molar-refractivity contribution in [2.75, 3.05) is 10.6 Å². The predicted molar refractivity (Wildman–Crippen MR) is 105 cm³/mol. The molecule has 124 valence electrons. The highest BCUT2D eigenvalue weighted by Crippen LogP contribution is 2.63. The van der Waals surface area contributed by atoms with Gasteiger partial charge in [-0.3, -0.25) is 0 Å². The number of para-hydroxylation sites is 2. The molecule has 1 aliphatic carbocycles. The van der Waals surface area contributed by atoms with Gasteiger partial charge in [-0.05, 0) is 42.5 Å². The first kappa shape index (κ1) is 15.0. The van der Waals surface area contributed by atoms with E-state index in [4.69, 9.17) is 0 Å². The van der Waals surface area contributed by atoms with Crippen LogP contribution in [0.25, 0.3) is 0 Å². The average molecular weight is 355 g/mol. The molecule has 0 bridgehead atoms. The van der Waals surface area contributed by atoms with Crippen LogP contribution in [-0.2, 0) is 0 Å². The molecule has 0 amide bonds. The van der Waals surface area contributed by atoms with E-state index in [1.807, 2.05) is 23.5 Å². The minimum absolute atomic E-state index is 0.0908. The smallest absolute Gasteiger partial charge is 0.0916 e. The number of fused-ring (bicyclic) bond motifs is 2. The quantitative estimate of drug-likeness (QED) is 0.603. The molecule has 2 spiro atoms. The monoisotopic (exact) mass is 354 g/mol. The maximum Gasteiger partial charge on any atom is 0.0916 e. The third-order valence-electron chi connectivity index (χ3n) is 5.21. The standard InChI is InChI=1S/C20H22N2S2/c1-18(2)11-19(21-14-7-3-5-9-16(14)23-19)13-20(12-18)22-15-8-4-6-10-17(15)24-20/h3-10,21-22H,11-13H2,1-2H3/t19-,20-/m1/s1. The van der Waals surface area contributed by atoms with Crippen LogP contribution < -0.4 is 10.6 Å². The molecule has 1 fully saturated rings. The van der Waals surface area contributed by atoms with Crippen molar-refractivity contribution in [2.24, 2.45) is 5.41 Å². The van der Waals surface area contributed by atoms with Crippen molar-refractivity contribution in [2.45, 2.75) is 52.6 Å². The fourth-order valence-electron chi connectivity index (χ4n) is 4.80. The number of nitrogens with one attached hydrogen (secondary N) is 2. The SMILES string of the molecule is CC1(C)C[C@@]2(C[C@]3(C1)Nc1ccccc1S3)Nc1ccccc1S2. The summed E-state index contributed by atoms with van der Waals surface area (Å²) in [5, 5.41) is 7.79. The minimum Gasteiger partial charge on any atom is -0.369 e. The average Bonchev–Trinajstić information content (AvgIpc) is 3.00. The lowest BCUT2D eigenvalue weighted by Gasteiger charge is -2.51. The molecule has 2 nitrogen and oxygen atoms in total. The summed E-state index contributed by atoms with van der Waals surface area (Å²) in [7, 11) is 0. The summed E-state index contributed by atoms with van der Waals surface area (Å²) in [6.45, 7) is 4.85. The lowest BCUT2D eigenvalue weighted by Crippen LogP contribution is -2.53. The largest absolute Gasteiger partial charge is 0.369 e. The van der Waals surface area contributed by atoms with Gasteiger partial charge in [0.2, 0.25) is 0 Å². The third-order valence-corrected chi connectivity index (χ3v) is 7.92. The summed E-state index contributed by atoms with van der Waals surface area (Å²) >= 11 is 4.07. The van der Waals surface area contributed by atoms with E-state index in [9.17, 15) is 0 Å². The fraction of sp³-hybridized carbons (Fsp3) is 0.400. The summed E-state index contributed by atoms with van der Waals surface area (Å²) in [5.74, 6) is 0. The second kappa shape index (κ2) is 4.89. The van der Waals surface area contributed by atoms with Gasteiger partial charge in [-0.2, -0.15) is 0 Å². The molecule has 2 atom stereocenters. The summed E-state index contributed by atoms with van der Waals surface area (Å²) in [6.07, 6.45) is 3.52. The molecule has 0 saturated heterocycles. The topological polar surface area (TPSA) is 24.1 Å². The molecule has 24 heavy (non-hydrogen) atoms. The number of hydrogen-bond acceptors (Lipinski definition) is 4. The van der Waals surface area contributed by atoms with Gasteiger partial charge in [-0.15, -0.1) is 0 Å². The van der Waals surface area contributed by atoms with E-state index in [-0.39, 0.29) is 9.74 Å². The minimum atomic E-state index is 0.0908. The molecule has 3 aliphatic rings. The van der Waals surface area contributed by atoms with Crippen LogP contribution in [0.4, 0.5) is 11.4 Å². The summed E-state index contributed by atoms with van der Waals surface area (Å²) in [4.78, 5) is 2.97. The van der Waals surface area contributed by atoms with E-state index in [1.165, 1.54) is 34.0 Å². The van der Waals surface area contributed by atoms with E-state index < -0.39 is 0 Å². The number of hydrogen-bond donors (Lipinski definition) is 2. The molecule has 5 rings (SSSR count). The van der Waals surface area contributed by atoms with Crippen molar-refractivity contribution in [1.29, 1.82) is 0 Å². The zero-order chi connectivity index (χ0) is 16.4. The molecule has 2 heterocycles. The van der Waals surface area contributed by atoms with Crippen molar-refractivity contribution in [3.05, 3.63) is 48.5 Å². The van der Waals surface area contributed by atoms with Crippen LogP contribution in [0.15, 0.2) is 58.3 Å². The Morgan fingerprint density at radius 3 is 1.62 bits per heavy atom. The second-order valence-corrected chi connectivity index (χ2v) is 11.0. The van der Waals surface area contributed by atoms with Crippen molar-refractivity contribution in [1.82, 2.24) is 0 Å². The lowest BCUT2D eigenvalue weighted by atomic mass is 9.71. The normalized spacial score (nSPS) is 32.2. The zero-order valence-electron chi connectivity index (χ0n) is 14.1. The van der Waals surface area contributed by atoms with Crippen molar-refractivity contribution in [3.63, 3.8) is 0 Å². The molecule has 0 radical (unpaired) electrons. The highest BCUT2D eigenvalue weighted by atomic mass is 32.2. The molecule has 2 N–H and O–H groups in total. The Morgan fingerprint density at radius 2 is 1.17 bits per heavy atom. The highest BCUT2D eigenvalue weighted by Gasteiger charge is 2.56. The van der Waals surface area contributed by atoms with Crippen molar-refractivity contribution in [3.8, 4) is 0 Å². The molecular weight excluding hydrogens is 332 g/mol. The van der Waals surface area contributed by atoms with E-state index in [2.05, 4.69) is 73.0 Å². The van der Waals surface area contributed by atoms with Gasteiger partial charge < -0.3 is 10.6 Å². The van der Waals surface area contributed by atoms with Crippen LogP contribution in [-0.4, -0.2) is 9.74 Å². The maximum atomic E-state index is 3.89. The van der Waals surface area contributed by atoms with Crippen molar-refractivity contribution >= 4 is 34.9 Å². The summed E-state index contributed by atoms with van der Waals surface area (Å²) in [6, 6.07) is 17.5. The van der Waals surface area contributed by atoms with E-state index >= 15 is 0 Å². The molecule has 0 unspecified atom stereocenters. The van der Waals surface area contributed by atoms with E-state index in [0.717, 1.165) is 6.42 Å². The van der Waals surface area contributed by atoms with Crippen LogP contribution in [0.1, 0.15) is 33.1 Å². The summed E-state index contributed by atoms with van der Waals surface area (Å²) < 4.78 is 0. The van der Waals surface area contributed by atoms with Crippen LogP contribution >= 0.6 is 23.5 Å². The molecule has 4 heteroatoms. The van der Waals surface area contributed by atoms with Gasteiger partial charge in [0, 0.05) is 27.6 Å². The van der Waals surface area contributed by atoms with Crippen LogP contribution in [0.3, 0.4) is 0 Å². The Kier molecular flexibility index (Phi) is 3.06. The first-order valence-corrected chi connectivity index (χ1v) is 10.2. The van der Waals surface area contributed by atoms with E-state index in [0.29, 0.717) is 5.41 Å². The Morgan fingerprint density at radius 1 is 0.708 bits per heavy atom. The van der Waals surface area contributed by atoms with Gasteiger partial charge in [-0.25, -0.2) is 0 Å². The molecule has 1 saturated carbocycles. The Balaban J connectivity index is 1.52. The fourth-order valence-corrected chi connectivity index (χ4v) is 8.37. The third kappa shape index (κ3) is 2.34. The molecule has 0 aromatic heterocycles. The first-order valence-electron chi connectivity index (χ1n) is 8.59. The number of anilines is 2. The van der Waals surface area contributed by atoms with Crippen LogP contribution in [0.2, 0.25) is 0 Å². The molecule has 2 aromatic rings. The van der Waals surface area contributed by atoms with Gasteiger partial charge in [0.05, 0.1) is 9.74 Å². The second-order valence-electron chi connectivity index (χ2n) is 8.13. The number of thioether (sulfide) groups is 2. The Bertz CT molecular complexity index is 699. The highest BCUT2D eigenvalue weighted by molar-refractivity contribution is 8.02. The molecular formula is C20H22N2S2. The molecule has 2 aliphatic heterocycles. The number of rotatable bonds is 0. The van der Waals surface area contributed by atoms with Gasteiger partial charge in [0.15, 0.2) is 0 Å². The Labute approximate surface area is 152 Å². The number of benzene rings is 2. The lowest BCUT2D eigenvalue weighted by molar-refractivity contribution is 0.189. The first-order chi connectivity index (χ1) is 11.5. The summed E-state index contributed by atoms with van der Waals surface area (Å²) in [5.41, 5.74) is 2.90. The van der Waals surface area contributed by atoms with Gasteiger partial charge in [0.1, 0.15) is 0 Å². The van der Waals surface area contributed by atoms with Gasteiger partial charge in [-0.1, -0.05) is 61.6 Å². The van der Waals surface area contributed by atoms with E-state index in [1.54, 1.807) is 0 Å². The zero-order valence-corrected chi connectivity index (χ0v) is 15.7. The maximum absolute atomic E-state index is 3.89. The predicted octanol–water partition coefficient (Wildman–Crippen LogP) is 6.02.